The van der Waals surface area contributed by atoms with Crippen molar-refractivity contribution in [1.29, 1.82) is 0 Å². The minimum atomic E-state index is -0.584. The van der Waals surface area contributed by atoms with Gasteiger partial charge in [0, 0.05) is 19.1 Å². The quantitative estimate of drug-likeness (QED) is 0.677. The van der Waals surface area contributed by atoms with Gasteiger partial charge in [0.1, 0.15) is 6.04 Å². The number of nitrogens with zero attached hydrogens (tertiary/aromatic N) is 3. The van der Waals surface area contributed by atoms with Crippen molar-refractivity contribution in [1.82, 2.24) is 30.9 Å². The van der Waals surface area contributed by atoms with E-state index in [-0.39, 0.29) is 0 Å². The van der Waals surface area contributed by atoms with Crippen molar-refractivity contribution in [3.63, 3.8) is 0 Å². The van der Waals surface area contributed by atoms with Crippen LogP contribution >= 0.6 is 0 Å². The summed E-state index contributed by atoms with van der Waals surface area (Å²) in [7, 11) is 0. The van der Waals surface area contributed by atoms with Gasteiger partial charge in [0.05, 0.1) is 11.9 Å². The van der Waals surface area contributed by atoms with Gasteiger partial charge in [0.25, 0.3) is 5.91 Å². The van der Waals surface area contributed by atoms with E-state index in [1.165, 1.54) is 17.5 Å². The number of urea groups is 1. The Balaban J connectivity index is 1.85. The highest BCUT2D eigenvalue weighted by atomic mass is 16.2. The molecule has 8 nitrogen and oxygen atoms in total. The zero-order chi connectivity index (χ0) is 14.5. The van der Waals surface area contributed by atoms with Crippen LogP contribution in [0.2, 0.25) is 0 Å². The predicted octanol–water partition coefficient (Wildman–Crippen LogP) is -0.0632. The molecule has 1 saturated carbocycles. The number of aromatic nitrogens is 3. The van der Waals surface area contributed by atoms with Crippen molar-refractivity contribution in [2.45, 2.75) is 45.3 Å². The summed E-state index contributed by atoms with van der Waals surface area (Å²) >= 11 is 0. The number of hydrogen-bond acceptors (Lipinski definition) is 5. The number of amides is 3. The molecule has 20 heavy (non-hydrogen) atoms. The lowest BCUT2D eigenvalue weighted by molar-refractivity contribution is -0.123. The normalized spacial score (nSPS) is 15.7. The summed E-state index contributed by atoms with van der Waals surface area (Å²) in [5.41, 5.74) is 0.787. The SMILES string of the molecule is CCNC(=O)NC(=O)C(C)n1cc(CNC2CC2)nn1. The lowest BCUT2D eigenvalue weighted by Crippen LogP contribution is -2.42. The number of imide groups is 1. The number of carbonyl (C=O) groups excluding carboxylic acids is 2. The van der Waals surface area contributed by atoms with E-state index in [9.17, 15) is 9.59 Å². The largest absolute Gasteiger partial charge is 0.338 e. The molecular formula is C12H20N6O2. The summed E-state index contributed by atoms with van der Waals surface area (Å²) in [5, 5.41) is 16.0. The standard InChI is InChI=1S/C12H20N6O2/c1-3-13-12(20)15-11(19)8(2)18-7-10(16-17-18)6-14-9-4-5-9/h7-9,14H,3-6H2,1-2H3,(H2,13,15,19,20). The highest BCUT2D eigenvalue weighted by Crippen LogP contribution is 2.19. The molecule has 1 heterocycles. The number of hydrogen-bond donors (Lipinski definition) is 3. The Kier molecular flexibility index (Phi) is 4.67. The predicted molar refractivity (Wildman–Crippen MR) is 71.8 cm³/mol. The summed E-state index contributed by atoms with van der Waals surface area (Å²) in [6.07, 6.45) is 4.14. The van der Waals surface area contributed by atoms with Gasteiger partial charge in [-0.3, -0.25) is 10.1 Å². The van der Waals surface area contributed by atoms with Crippen LogP contribution < -0.4 is 16.0 Å². The fourth-order valence-corrected chi connectivity index (χ4v) is 1.66. The molecule has 3 amide bonds. The average Bonchev–Trinajstić information content (AvgIpc) is 3.13. The molecular weight excluding hydrogens is 260 g/mol. The Morgan fingerprint density at radius 2 is 2.25 bits per heavy atom. The zero-order valence-corrected chi connectivity index (χ0v) is 11.7. The molecule has 0 bridgehead atoms. The van der Waals surface area contributed by atoms with Gasteiger partial charge in [-0.25, -0.2) is 9.48 Å². The van der Waals surface area contributed by atoms with E-state index in [2.05, 4.69) is 26.3 Å². The Labute approximate surface area is 117 Å². The molecule has 110 valence electrons. The third-order valence-electron chi connectivity index (χ3n) is 3.06. The number of rotatable bonds is 6. The third kappa shape index (κ3) is 4.02. The van der Waals surface area contributed by atoms with Gasteiger partial charge in [-0.1, -0.05) is 5.21 Å². The van der Waals surface area contributed by atoms with Crippen LogP contribution in [0, 0.1) is 0 Å². The average molecular weight is 280 g/mol. The first-order valence-electron chi connectivity index (χ1n) is 6.83. The second-order valence-electron chi connectivity index (χ2n) is 4.87. The third-order valence-corrected chi connectivity index (χ3v) is 3.06. The summed E-state index contributed by atoms with van der Waals surface area (Å²) in [6, 6.07) is -0.488. The van der Waals surface area contributed by atoms with E-state index in [1.54, 1.807) is 20.0 Å². The fourth-order valence-electron chi connectivity index (χ4n) is 1.66. The van der Waals surface area contributed by atoms with Gasteiger partial charge in [-0.05, 0) is 26.7 Å². The minimum absolute atomic E-state index is 0.414. The van der Waals surface area contributed by atoms with Crippen molar-refractivity contribution in [2.75, 3.05) is 6.54 Å². The molecule has 0 aromatic carbocycles. The summed E-state index contributed by atoms with van der Waals surface area (Å²) in [4.78, 5) is 23.1. The van der Waals surface area contributed by atoms with Crippen molar-refractivity contribution < 1.29 is 9.59 Å². The van der Waals surface area contributed by atoms with Crippen molar-refractivity contribution in [3.05, 3.63) is 11.9 Å². The van der Waals surface area contributed by atoms with Crippen molar-refractivity contribution in [2.24, 2.45) is 0 Å². The van der Waals surface area contributed by atoms with Crippen LogP contribution in [0.25, 0.3) is 0 Å². The van der Waals surface area contributed by atoms with Crippen LogP contribution in [-0.4, -0.2) is 39.5 Å². The van der Waals surface area contributed by atoms with Gasteiger partial charge in [-0.2, -0.15) is 0 Å². The van der Waals surface area contributed by atoms with E-state index in [0.29, 0.717) is 19.1 Å². The van der Waals surface area contributed by atoms with E-state index in [4.69, 9.17) is 0 Å². The molecule has 0 saturated heterocycles. The van der Waals surface area contributed by atoms with Crippen LogP contribution in [0.3, 0.4) is 0 Å². The molecule has 1 aliphatic carbocycles. The van der Waals surface area contributed by atoms with Gasteiger partial charge < -0.3 is 10.6 Å². The molecule has 1 unspecified atom stereocenters. The molecule has 8 heteroatoms. The molecule has 1 fully saturated rings. The molecule has 0 aliphatic heterocycles. The Hall–Kier alpha value is -1.96. The maximum Gasteiger partial charge on any atom is 0.321 e. The first kappa shape index (κ1) is 14.4. The summed E-state index contributed by atoms with van der Waals surface area (Å²) < 4.78 is 1.46. The second-order valence-corrected chi connectivity index (χ2v) is 4.87. The van der Waals surface area contributed by atoms with Gasteiger partial charge in [0.15, 0.2) is 0 Å². The lowest BCUT2D eigenvalue weighted by Gasteiger charge is -2.11. The Bertz CT molecular complexity index is 482. The van der Waals surface area contributed by atoms with Crippen molar-refractivity contribution in [3.8, 4) is 0 Å². The van der Waals surface area contributed by atoms with Crippen LogP contribution in [0.1, 0.15) is 38.4 Å². The minimum Gasteiger partial charge on any atom is -0.338 e. The van der Waals surface area contributed by atoms with Crippen molar-refractivity contribution >= 4 is 11.9 Å². The molecule has 3 N–H and O–H groups in total. The van der Waals surface area contributed by atoms with Crippen LogP contribution in [0.4, 0.5) is 4.79 Å². The second kappa shape index (κ2) is 6.47. The van der Waals surface area contributed by atoms with Gasteiger partial charge >= 0.3 is 6.03 Å². The molecule has 2 rings (SSSR count). The summed E-state index contributed by atoms with van der Waals surface area (Å²) in [5.74, 6) is -0.414. The topological polar surface area (TPSA) is 101 Å². The highest BCUT2D eigenvalue weighted by Gasteiger charge is 2.22. The molecule has 0 spiro atoms. The molecule has 1 aliphatic rings. The van der Waals surface area contributed by atoms with Crippen LogP contribution in [0.15, 0.2) is 6.20 Å². The maximum atomic E-state index is 11.8. The fraction of sp³-hybridized carbons (Fsp3) is 0.667. The number of nitrogens with one attached hydrogen (secondary N) is 3. The smallest absolute Gasteiger partial charge is 0.321 e. The summed E-state index contributed by atoms with van der Waals surface area (Å²) in [6.45, 7) is 4.56. The van der Waals surface area contributed by atoms with E-state index >= 15 is 0 Å². The molecule has 0 radical (unpaired) electrons. The van der Waals surface area contributed by atoms with E-state index in [1.807, 2.05) is 0 Å². The molecule has 1 atom stereocenters. The Morgan fingerprint density at radius 1 is 1.50 bits per heavy atom. The van der Waals surface area contributed by atoms with E-state index < -0.39 is 18.0 Å². The Morgan fingerprint density at radius 3 is 2.90 bits per heavy atom. The molecule has 1 aromatic heterocycles. The monoisotopic (exact) mass is 280 g/mol. The maximum absolute atomic E-state index is 11.8. The number of carbonyl (C=O) groups is 2. The zero-order valence-electron chi connectivity index (χ0n) is 11.7. The van der Waals surface area contributed by atoms with Crippen LogP contribution in [-0.2, 0) is 11.3 Å². The van der Waals surface area contributed by atoms with Gasteiger partial charge in [0.2, 0.25) is 0 Å². The molecule has 1 aromatic rings. The highest BCUT2D eigenvalue weighted by molar-refractivity contribution is 5.95. The first-order chi connectivity index (χ1) is 9.60. The van der Waals surface area contributed by atoms with Gasteiger partial charge in [-0.15, -0.1) is 5.10 Å². The van der Waals surface area contributed by atoms with Crippen LogP contribution in [0.5, 0.6) is 0 Å². The lowest BCUT2D eigenvalue weighted by atomic mass is 10.3. The van der Waals surface area contributed by atoms with E-state index in [0.717, 1.165) is 5.69 Å². The first-order valence-corrected chi connectivity index (χ1v) is 6.83.